The van der Waals surface area contributed by atoms with Gasteiger partial charge in [0.2, 0.25) is 0 Å². The highest BCUT2D eigenvalue weighted by Gasteiger charge is 2.15. The van der Waals surface area contributed by atoms with Gasteiger partial charge in [-0.25, -0.2) is 0 Å². The van der Waals surface area contributed by atoms with Crippen LogP contribution >= 0.6 is 0 Å². The van der Waals surface area contributed by atoms with E-state index >= 15 is 0 Å². The number of aromatic nitrogens is 1. The Labute approximate surface area is 125 Å². The third kappa shape index (κ3) is 3.23. The molecule has 4 heteroatoms. The van der Waals surface area contributed by atoms with Gasteiger partial charge < -0.3 is 15.3 Å². The van der Waals surface area contributed by atoms with E-state index in [2.05, 4.69) is 40.4 Å². The fraction of sp³-hybridized carbons (Fsp3) is 0.353. The van der Waals surface area contributed by atoms with E-state index < -0.39 is 6.10 Å². The molecule has 0 saturated carbocycles. The van der Waals surface area contributed by atoms with Gasteiger partial charge in [-0.2, -0.15) is 0 Å². The first-order valence-electron chi connectivity index (χ1n) is 7.35. The number of aliphatic hydroxyl groups is 1. The highest BCUT2D eigenvalue weighted by atomic mass is 16.3. The van der Waals surface area contributed by atoms with E-state index in [9.17, 15) is 5.11 Å². The molecule has 2 heterocycles. The minimum Gasteiger partial charge on any atom is -0.387 e. The maximum atomic E-state index is 10.1. The minimum atomic E-state index is -0.492. The average Bonchev–Trinajstić information content (AvgIpc) is 2.89. The van der Waals surface area contributed by atoms with Crippen LogP contribution in [-0.2, 0) is 13.0 Å². The third-order valence-corrected chi connectivity index (χ3v) is 4.03. The van der Waals surface area contributed by atoms with Gasteiger partial charge in [-0.15, -0.1) is 0 Å². The van der Waals surface area contributed by atoms with Gasteiger partial charge >= 0.3 is 0 Å². The molecule has 0 bridgehead atoms. The van der Waals surface area contributed by atoms with E-state index in [4.69, 9.17) is 0 Å². The van der Waals surface area contributed by atoms with Crippen molar-refractivity contribution in [1.29, 1.82) is 0 Å². The van der Waals surface area contributed by atoms with E-state index in [1.54, 1.807) is 12.4 Å². The first kappa shape index (κ1) is 14.0. The minimum absolute atomic E-state index is 0.492. The monoisotopic (exact) mass is 283 g/mol. The SMILES string of the molecule is CN1CCc2cc(CNCC(O)c3ccncc3)ccc21. The fourth-order valence-electron chi connectivity index (χ4n) is 2.79. The lowest BCUT2D eigenvalue weighted by atomic mass is 10.1. The van der Waals surface area contributed by atoms with Crippen molar-refractivity contribution in [2.75, 3.05) is 25.0 Å². The van der Waals surface area contributed by atoms with Gasteiger partial charge in [0, 0.05) is 44.8 Å². The predicted octanol–water partition coefficient (Wildman–Crippen LogP) is 1.90. The second kappa shape index (κ2) is 6.24. The van der Waals surface area contributed by atoms with Crippen molar-refractivity contribution in [3.8, 4) is 0 Å². The van der Waals surface area contributed by atoms with E-state index in [1.807, 2.05) is 12.1 Å². The zero-order valence-corrected chi connectivity index (χ0v) is 12.3. The number of hydrogen-bond acceptors (Lipinski definition) is 4. The molecule has 21 heavy (non-hydrogen) atoms. The van der Waals surface area contributed by atoms with E-state index in [0.29, 0.717) is 6.54 Å². The number of fused-ring (bicyclic) bond motifs is 1. The molecular weight excluding hydrogens is 262 g/mol. The molecule has 1 aromatic carbocycles. The van der Waals surface area contributed by atoms with Gasteiger partial charge in [0.1, 0.15) is 0 Å². The molecule has 1 unspecified atom stereocenters. The smallest absolute Gasteiger partial charge is 0.0915 e. The number of anilines is 1. The van der Waals surface area contributed by atoms with Gasteiger partial charge in [0.15, 0.2) is 0 Å². The standard InChI is InChI=1S/C17H21N3O/c1-20-9-6-15-10-13(2-3-16(15)20)11-19-12-17(21)14-4-7-18-8-5-14/h2-5,7-8,10,17,19,21H,6,9,11-12H2,1H3. The van der Waals surface area contributed by atoms with Crippen molar-refractivity contribution >= 4 is 5.69 Å². The summed E-state index contributed by atoms with van der Waals surface area (Å²) in [5.41, 5.74) is 4.93. The van der Waals surface area contributed by atoms with Crippen LogP contribution in [-0.4, -0.2) is 30.2 Å². The first-order chi connectivity index (χ1) is 10.2. The zero-order valence-electron chi connectivity index (χ0n) is 12.3. The van der Waals surface area contributed by atoms with Crippen LogP contribution in [0.15, 0.2) is 42.7 Å². The summed E-state index contributed by atoms with van der Waals surface area (Å²) < 4.78 is 0. The molecule has 0 amide bonds. The summed E-state index contributed by atoms with van der Waals surface area (Å²) in [6.45, 7) is 2.42. The van der Waals surface area contributed by atoms with E-state index in [1.165, 1.54) is 16.8 Å². The molecule has 4 nitrogen and oxygen atoms in total. The molecule has 2 N–H and O–H groups in total. The number of rotatable bonds is 5. The Morgan fingerprint density at radius 3 is 2.90 bits per heavy atom. The molecule has 1 aliphatic heterocycles. The quantitative estimate of drug-likeness (QED) is 0.880. The summed E-state index contributed by atoms with van der Waals surface area (Å²) in [5, 5.41) is 13.4. The second-order valence-electron chi connectivity index (χ2n) is 5.56. The number of benzene rings is 1. The molecule has 2 aromatic rings. The topological polar surface area (TPSA) is 48.4 Å². The highest BCUT2D eigenvalue weighted by Crippen LogP contribution is 2.27. The average molecular weight is 283 g/mol. The van der Waals surface area contributed by atoms with Gasteiger partial charge in [-0.05, 0) is 41.3 Å². The van der Waals surface area contributed by atoms with Crippen LogP contribution < -0.4 is 10.2 Å². The Bertz CT molecular complexity index is 600. The Hall–Kier alpha value is -1.91. The largest absolute Gasteiger partial charge is 0.387 e. The number of nitrogens with zero attached hydrogens (tertiary/aromatic N) is 2. The number of likely N-dealkylation sites (N-methyl/N-ethyl adjacent to an activating group) is 1. The normalized spacial score (nSPS) is 15.0. The van der Waals surface area contributed by atoms with Crippen LogP contribution in [0.5, 0.6) is 0 Å². The van der Waals surface area contributed by atoms with Gasteiger partial charge in [0.25, 0.3) is 0 Å². The third-order valence-electron chi connectivity index (χ3n) is 4.03. The van der Waals surface area contributed by atoms with Crippen LogP contribution in [0.3, 0.4) is 0 Å². The van der Waals surface area contributed by atoms with Crippen molar-refractivity contribution in [1.82, 2.24) is 10.3 Å². The molecule has 1 aromatic heterocycles. The van der Waals surface area contributed by atoms with Gasteiger partial charge in [-0.3, -0.25) is 4.98 Å². The Morgan fingerprint density at radius 1 is 1.29 bits per heavy atom. The van der Waals surface area contributed by atoms with Gasteiger partial charge in [0.05, 0.1) is 6.10 Å². The molecule has 0 fully saturated rings. The molecule has 1 atom stereocenters. The Kier molecular flexibility index (Phi) is 4.18. The maximum absolute atomic E-state index is 10.1. The highest BCUT2D eigenvalue weighted by molar-refractivity contribution is 5.58. The zero-order chi connectivity index (χ0) is 14.7. The lowest BCUT2D eigenvalue weighted by Crippen LogP contribution is -2.21. The number of hydrogen-bond donors (Lipinski definition) is 2. The fourth-order valence-corrected chi connectivity index (χ4v) is 2.79. The maximum Gasteiger partial charge on any atom is 0.0915 e. The molecule has 3 rings (SSSR count). The first-order valence-corrected chi connectivity index (χ1v) is 7.35. The lowest BCUT2D eigenvalue weighted by molar-refractivity contribution is 0.174. The molecule has 110 valence electrons. The second-order valence-corrected chi connectivity index (χ2v) is 5.56. The van der Waals surface area contributed by atoms with Crippen LogP contribution in [0, 0.1) is 0 Å². The molecular formula is C17H21N3O. The summed E-state index contributed by atoms with van der Waals surface area (Å²) in [5.74, 6) is 0. The molecule has 1 aliphatic rings. The lowest BCUT2D eigenvalue weighted by Gasteiger charge is -2.14. The number of aliphatic hydroxyl groups excluding tert-OH is 1. The summed E-state index contributed by atoms with van der Waals surface area (Å²) >= 11 is 0. The van der Waals surface area contributed by atoms with Crippen LogP contribution in [0.25, 0.3) is 0 Å². The van der Waals surface area contributed by atoms with Crippen LogP contribution in [0.4, 0.5) is 5.69 Å². The molecule has 0 aliphatic carbocycles. The van der Waals surface area contributed by atoms with Crippen molar-refractivity contribution in [2.45, 2.75) is 19.1 Å². The van der Waals surface area contributed by atoms with Crippen molar-refractivity contribution in [3.05, 3.63) is 59.4 Å². The Morgan fingerprint density at radius 2 is 2.10 bits per heavy atom. The van der Waals surface area contributed by atoms with Crippen LogP contribution in [0.1, 0.15) is 22.8 Å². The Balaban J connectivity index is 1.54. The van der Waals surface area contributed by atoms with Crippen molar-refractivity contribution in [3.63, 3.8) is 0 Å². The van der Waals surface area contributed by atoms with E-state index in [-0.39, 0.29) is 0 Å². The van der Waals surface area contributed by atoms with Crippen molar-refractivity contribution in [2.24, 2.45) is 0 Å². The summed E-state index contributed by atoms with van der Waals surface area (Å²) in [6.07, 6.45) is 4.04. The number of pyridine rings is 1. The summed E-state index contributed by atoms with van der Waals surface area (Å²) in [7, 11) is 2.13. The molecule has 0 spiro atoms. The van der Waals surface area contributed by atoms with Gasteiger partial charge in [-0.1, -0.05) is 12.1 Å². The summed E-state index contributed by atoms with van der Waals surface area (Å²) in [4.78, 5) is 6.25. The predicted molar refractivity (Wildman–Crippen MR) is 84.3 cm³/mol. The van der Waals surface area contributed by atoms with Crippen molar-refractivity contribution < 1.29 is 5.11 Å². The van der Waals surface area contributed by atoms with E-state index in [0.717, 1.165) is 25.1 Å². The van der Waals surface area contributed by atoms with Crippen LogP contribution in [0.2, 0.25) is 0 Å². The summed E-state index contributed by atoms with van der Waals surface area (Å²) in [6, 6.07) is 10.3. The molecule has 0 saturated heterocycles. The number of nitrogens with one attached hydrogen (secondary N) is 1. The molecule has 0 radical (unpaired) electrons.